The number of hydrogen-bond donors (Lipinski definition) is 1. The quantitative estimate of drug-likeness (QED) is 0.923. The van der Waals surface area contributed by atoms with Crippen LogP contribution in [-0.4, -0.2) is 26.8 Å². The molecule has 2 aromatic rings. The molecule has 0 radical (unpaired) electrons. The summed E-state index contributed by atoms with van der Waals surface area (Å²) in [6, 6.07) is 6.08. The van der Waals surface area contributed by atoms with Crippen molar-refractivity contribution in [3.63, 3.8) is 0 Å². The lowest BCUT2D eigenvalue weighted by atomic mass is 10.00. The number of carbonyl (C=O) groups is 1. The summed E-state index contributed by atoms with van der Waals surface area (Å²) in [6.07, 6.45) is 4.22. The van der Waals surface area contributed by atoms with Crippen LogP contribution in [-0.2, 0) is 24.2 Å². The largest absolute Gasteiger partial charge is 0.480 e. The van der Waals surface area contributed by atoms with Gasteiger partial charge in [0.05, 0.1) is 0 Å². The zero-order valence-corrected chi connectivity index (χ0v) is 13.2. The van der Waals surface area contributed by atoms with E-state index in [0.29, 0.717) is 12.4 Å². The van der Waals surface area contributed by atoms with E-state index in [1.54, 1.807) is 0 Å². The summed E-state index contributed by atoms with van der Waals surface area (Å²) in [5.41, 5.74) is 2.39. The van der Waals surface area contributed by atoms with Gasteiger partial charge in [-0.2, -0.15) is 0 Å². The molecule has 0 saturated carbocycles. The Kier molecular flexibility index (Phi) is 3.52. The minimum Gasteiger partial charge on any atom is -0.480 e. The number of rotatable bonds is 2. The molecular formula is C17H20N4O2. The molecule has 120 valence electrons. The highest BCUT2D eigenvalue weighted by Gasteiger charge is 2.28. The molecule has 23 heavy (non-hydrogen) atoms. The molecule has 4 rings (SSSR count). The second kappa shape index (κ2) is 5.68. The maximum absolute atomic E-state index is 12.5. The van der Waals surface area contributed by atoms with Gasteiger partial charge < -0.3 is 4.74 Å². The van der Waals surface area contributed by atoms with Gasteiger partial charge in [0, 0.05) is 13.0 Å². The second-order valence-corrected chi connectivity index (χ2v) is 6.29. The van der Waals surface area contributed by atoms with E-state index < -0.39 is 6.10 Å². The lowest BCUT2D eigenvalue weighted by molar-refractivity contribution is -0.123. The molecule has 1 aromatic carbocycles. The Morgan fingerprint density at radius 1 is 1.30 bits per heavy atom. The van der Waals surface area contributed by atoms with Gasteiger partial charge in [0.15, 0.2) is 6.10 Å². The molecule has 0 aliphatic carbocycles. The average molecular weight is 312 g/mol. The number of aromatic nitrogens is 3. The van der Waals surface area contributed by atoms with Gasteiger partial charge in [0.25, 0.3) is 5.91 Å². The highest BCUT2D eigenvalue weighted by atomic mass is 16.5. The fourth-order valence-corrected chi connectivity index (χ4v) is 3.29. The Labute approximate surface area is 134 Å². The molecular weight excluding hydrogens is 292 g/mol. The first-order valence-corrected chi connectivity index (χ1v) is 8.20. The van der Waals surface area contributed by atoms with Crippen molar-refractivity contribution >= 4 is 11.9 Å². The van der Waals surface area contributed by atoms with Gasteiger partial charge in [0.2, 0.25) is 5.95 Å². The molecule has 0 spiro atoms. The molecule has 1 N–H and O–H groups in total. The third kappa shape index (κ3) is 2.69. The van der Waals surface area contributed by atoms with Gasteiger partial charge in [-0.1, -0.05) is 17.7 Å². The number of fused-ring (bicyclic) bond motifs is 2. The summed E-state index contributed by atoms with van der Waals surface area (Å²) >= 11 is 0. The summed E-state index contributed by atoms with van der Waals surface area (Å²) in [5.74, 6) is 2.17. The first kappa shape index (κ1) is 14.2. The van der Waals surface area contributed by atoms with Gasteiger partial charge in [-0.05, 0) is 44.2 Å². The fraction of sp³-hybridized carbons (Fsp3) is 0.471. The summed E-state index contributed by atoms with van der Waals surface area (Å²) in [7, 11) is 0. The molecule has 2 aliphatic heterocycles. The zero-order valence-electron chi connectivity index (χ0n) is 13.2. The number of carbonyl (C=O) groups excluding carboxylic acids is 1. The van der Waals surface area contributed by atoms with E-state index in [9.17, 15) is 4.79 Å². The number of nitrogens with zero attached hydrogens (tertiary/aromatic N) is 3. The second-order valence-electron chi connectivity index (χ2n) is 6.29. The van der Waals surface area contributed by atoms with Crippen molar-refractivity contribution in [1.82, 2.24) is 14.8 Å². The molecule has 2 aliphatic rings. The van der Waals surface area contributed by atoms with Gasteiger partial charge in [-0.15, -0.1) is 10.2 Å². The van der Waals surface area contributed by atoms with Crippen molar-refractivity contribution in [2.45, 2.75) is 51.7 Å². The number of anilines is 1. The molecule has 6 heteroatoms. The predicted molar refractivity (Wildman–Crippen MR) is 85.5 cm³/mol. The predicted octanol–water partition coefficient (Wildman–Crippen LogP) is 2.26. The summed E-state index contributed by atoms with van der Waals surface area (Å²) < 4.78 is 7.87. The summed E-state index contributed by atoms with van der Waals surface area (Å²) in [4.78, 5) is 12.5. The molecule has 1 atom stereocenters. The standard InChI is InChI=1S/C17H20N4O2/c1-11-5-7-13-12(10-11)6-8-14(23-13)16(22)18-17-20-19-15-4-2-3-9-21(15)17/h5,7,10,14H,2-4,6,8-9H2,1H3,(H,18,20,22)/t14-/m1/s1. The van der Waals surface area contributed by atoms with Crippen LogP contribution in [0.4, 0.5) is 5.95 Å². The van der Waals surface area contributed by atoms with Crippen molar-refractivity contribution in [1.29, 1.82) is 0 Å². The third-order valence-electron chi connectivity index (χ3n) is 4.55. The van der Waals surface area contributed by atoms with Crippen molar-refractivity contribution < 1.29 is 9.53 Å². The van der Waals surface area contributed by atoms with Crippen LogP contribution in [0.1, 0.15) is 36.2 Å². The average Bonchev–Trinajstić information content (AvgIpc) is 2.97. The molecule has 3 heterocycles. The smallest absolute Gasteiger partial charge is 0.267 e. The van der Waals surface area contributed by atoms with Crippen LogP contribution in [0.15, 0.2) is 18.2 Å². The zero-order chi connectivity index (χ0) is 15.8. The van der Waals surface area contributed by atoms with Crippen molar-refractivity contribution in [2.75, 3.05) is 5.32 Å². The van der Waals surface area contributed by atoms with E-state index in [1.807, 2.05) is 16.7 Å². The maximum atomic E-state index is 12.5. The Balaban J connectivity index is 1.48. The van der Waals surface area contributed by atoms with Gasteiger partial charge >= 0.3 is 0 Å². The topological polar surface area (TPSA) is 69.0 Å². The van der Waals surface area contributed by atoms with E-state index in [2.05, 4.69) is 28.5 Å². The molecule has 1 aromatic heterocycles. The van der Waals surface area contributed by atoms with E-state index >= 15 is 0 Å². The SMILES string of the molecule is Cc1ccc2c(c1)CC[C@H](C(=O)Nc1nnc3n1CCCC3)O2. The van der Waals surface area contributed by atoms with Crippen molar-refractivity contribution in [2.24, 2.45) is 0 Å². The van der Waals surface area contributed by atoms with Crippen LogP contribution in [0, 0.1) is 6.92 Å². The Morgan fingerprint density at radius 2 is 2.22 bits per heavy atom. The molecule has 0 saturated heterocycles. The Morgan fingerprint density at radius 3 is 3.13 bits per heavy atom. The highest BCUT2D eigenvalue weighted by Crippen LogP contribution is 2.29. The van der Waals surface area contributed by atoms with Gasteiger partial charge in [-0.3, -0.25) is 14.7 Å². The Bertz CT molecular complexity index is 753. The van der Waals surface area contributed by atoms with Gasteiger partial charge in [0.1, 0.15) is 11.6 Å². The first-order chi connectivity index (χ1) is 11.2. The van der Waals surface area contributed by atoms with Crippen molar-refractivity contribution in [3.8, 4) is 5.75 Å². The lowest BCUT2D eigenvalue weighted by Gasteiger charge is -2.25. The van der Waals surface area contributed by atoms with Crippen LogP contribution in [0.3, 0.4) is 0 Å². The molecule has 0 fully saturated rings. The third-order valence-corrected chi connectivity index (χ3v) is 4.55. The minimum absolute atomic E-state index is 0.142. The van der Waals surface area contributed by atoms with E-state index in [1.165, 1.54) is 11.1 Å². The number of benzene rings is 1. The number of aryl methyl sites for hydroxylation is 3. The number of nitrogens with one attached hydrogen (secondary N) is 1. The van der Waals surface area contributed by atoms with Crippen LogP contribution in [0.5, 0.6) is 5.75 Å². The normalized spacial score (nSPS) is 19.4. The Hall–Kier alpha value is -2.37. The molecule has 0 bridgehead atoms. The monoisotopic (exact) mass is 312 g/mol. The van der Waals surface area contributed by atoms with Crippen LogP contribution < -0.4 is 10.1 Å². The first-order valence-electron chi connectivity index (χ1n) is 8.20. The van der Waals surface area contributed by atoms with Gasteiger partial charge in [-0.25, -0.2) is 0 Å². The van der Waals surface area contributed by atoms with Crippen LogP contribution >= 0.6 is 0 Å². The van der Waals surface area contributed by atoms with E-state index in [4.69, 9.17) is 4.74 Å². The number of amides is 1. The summed E-state index contributed by atoms with van der Waals surface area (Å²) in [6.45, 7) is 2.93. The van der Waals surface area contributed by atoms with Crippen molar-refractivity contribution in [3.05, 3.63) is 35.2 Å². The van der Waals surface area contributed by atoms with Crippen LogP contribution in [0.2, 0.25) is 0 Å². The van der Waals surface area contributed by atoms with E-state index in [-0.39, 0.29) is 5.91 Å². The maximum Gasteiger partial charge on any atom is 0.267 e. The molecule has 1 amide bonds. The lowest BCUT2D eigenvalue weighted by Crippen LogP contribution is -2.36. The highest BCUT2D eigenvalue weighted by molar-refractivity contribution is 5.93. The molecule has 0 unspecified atom stereocenters. The number of hydrogen-bond acceptors (Lipinski definition) is 4. The molecule has 6 nitrogen and oxygen atoms in total. The van der Waals surface area contributed by atoms with Crippen LogP contribution in [0.25, 0.3) is 0 Å². The fourth-order valence-electron chi connectivity index (χ4n) is 3.29. The van der Waals surface area contributed by atoms with E-state index in [0.717, 1.165) is 43.8 Å². The minimum atomic E-state index is -0.471. The summed E-state index contributed by atoms with van der Waals surface area (Å²) in [5, 5.41) is 11.2. The number of ether oxygens (including phenoxy) is 1.